The van der Waals surface area contributed by atoms with Crippen LogP contribution < -0.4 is 16.8 Å². The monoisotopic (exact) mass is 266 g/mol. The zero-order valence-electron chi connectivity index (χ0n) is 11.6. The first-order valence-electron chi connectivity index (χ1n) is 7.54. The number of hydrogen-bond donors (Lipinski definition) is 3. The highest BCUT2D eigenvalue weighted by Crippen LogP contribution is 2.26. The van der Waals surface area contributed by atoms with Crippen molar-refractivity contribution in [2.75, 3.05) is 0 Å². The molecule has 2 fully saturated rings. The Morgan fingerprint density at radius 2 is 1.58 bits per heavy atom. The molecule has 0 radical (unpaired) electrons. The van der Waals surface area contributed by atoms with Crippen LogP contribution in [0.3, 0.4) is 0 Å². The van der Waals surface area contributed by atoms with E-state index in [0.717, 1.165) is 25.7 Å². The number of carbonyl (C=O) groups is 1. The predicted octanol–water partition coefficient (Wildman–Crippen LogP) is 1.27. The molecule has 5 heteroatoms. The van der Waals surface area contributed by atoms with E-state index in [1.165, 1.54) is 32.1 Å². The van der Waals surface area contributed by atoms with Gasteiger partial charge in [0.2, 0.25) is 5.91 Å². The number of hydrogen-bond acceptors (Lipinski definition) is 2. The van der Waals surface area contributed by atoms with Gasteiger partial charge in [-0.1, -0.05) is 19.3 Å². The highest BCUT2D eigenvalue weighted by Gasteiger charge is 2.24. The summed E-state index contributed by atoms with van der Waals surface area (Å²) in [4.78, 5) is 15.7. The SMILES string of the molecule is NC(=O)C1CCC(N=C(N)NC2CCCCC2)CC1. The third kappa shape index (κ3) is 4.40. The minimum absolute atomic E-state index is 0.0407. The fraction of sp³-hybridized carbons (Fsp3) is 0.857. The molecule has 1 amide bonds. The molecule has 2 aliphatic rings. The van der Waals surface area contributed by atoms with Crippen LogP contribution in [0, 0.1) is 5.92 Å². The van der Waals surface area contributed by atoms with Gasteiger partial charge in [-0.25, -0.2) is 0 Å². The van der Waals surface area contributed by atoms with Gasteiger partial charge in [-0.3, -0.25) is 9.79 Å². The van der Waals surface area contributed by atoms with Crippen molar-refractivity contribution in [1.29, 1.82) is 0 Å². The Kier molecular flexibility index (Phi) is 5.05. The number of carbonyl (C=O) groups excluding carboxylic acids is 1. The maximum absolute atomic E-state index is 11.1. The zero-order valence-corrected chi connectivity index (χ0v) is 11.6. The zero-order chi connectivity index (χ0) is 13.7. The third-order valence-electron chi connectivity index (χ3n) is 4.38. The Balaban J connectivity index is 1.76. The second kappa shape index (κ2) is 6.78. The van der Waals surface area contributed by atoms with Crippen molar-refractivity contribution in [3.63, 3.8) is 0 Å². The molecule has 108 valence electrons. The van der Waals surface area contributed by atoms with Crippen molar-refractivity contribution >= 4 is 11.9 Å². The molecule has 0 aliphatic heterocycles. The molecule has 0 heterocycles. The van der Waals surface area contributed by atoms with Crippen molar-refractivity contribution in [1.82, 2.24) is 5.32 Å². The maximum atomic E-state index is 11.1. The lowest BCUT2D eigenvalue weighted by Gasteiger charge is -2.26. The van der Waals surface area contributed by atoms with E-state index in [-0.39, 0.29) is 17.9 Å². The van der Waals surface area contributed by atoms with E-state index in [0.29, 0.717) is 12.0 Å². The molecule has 0 spiro atoms. The summed E-state index contributed by atoms with van der Waals surface area (Å²) in [6, 6.07) is 0.756. The molecule has 0 bridgehead atoms. The molecule has 0 atom stereocenters. The Labute approximate surface area is 115 Å². The van der Waals surface area contributed by atoms with Crippen molar-refractivity contribution in [3.05, 3.63) is 0 Å². The van der Waals surface area contributed by atoms with Crippen LogP contribution in [0.15, 0.2) is 4.99 Å². The maximum Gasteiger partial charge on any atom is 0.220 e. The molecule has 0 aromatic rings. The fourth-order valence-electron chi connectivity index (χ4n) is 3.18. The summed E-state index contributed by atoms with van der Waals surface area (Å²) in [7, 11) is 0. The Hall–Kier alpha value is -1.26. The number of nitrogens with two attached hydrogens (primary N) is 2. The van der Waals surface area contributed by atoms with Crippen LogP contribution in [0.2, 0.25) is 0 Å². The molecule has 0 aromatic carbocycles. The van der Waals surface area contributed by atoms with Crippen LogP contribution in [0.4, 0.5) is 0 Å². The largest absolute Gasteiger partial charge is 0.370 e. The summed E-state index contributed by atoms with van der Waals surface area (Å²) in [5, 5.41) is 3.34. The van der Waals surface area contributed by atoms with Crippen LogP contribution in [0.1, 0.15) is 57.8 Å². The van der Waals surface area contributed by atoms with E-state index in [1.54, 1.807) is 0 Å². The summed E-state index contributed by atoms with van der Waals surface area (Å²) in [6.45, 7) is 0. The van der Waals surface area contributed by atoms with Gasteiger partial charge >= 0.3 is 0 Å². The molecule has 2 rings (SSSR count). The summed E-state index contributed by atoms with van der Waals surface area (Å²) >= 11 is 0. The van der Waals surface area contributed by atoms with Gasteiger partial charge in [0, 0.05) is 12.0 Å². The Morgan fingerprint density at radius 3 is 2.16 bits per heavy atom. The van der Waals surface area contributed by atoms with E-state index < -0.39 is 0 Å². The highest BCUT2D eigenvalue weighted by atomic mass is 16.1. The van der Waals surface area contributed by atoms with Crippen LogP contribution in [0.5, 0.6) is 0 Å². The molecule has 2 aliphatic carbocycles. The third-order valence-corrected chi connectivity index (χ3v) is 4.38. The fourth-order valence-corrected chi connectivity index (χ4v) is 3.18. The van der Waals surface area contributed by atoms with Crippen molar-refractivity contribution in [3.8, 4) is 0 Å². The summed E-state index contributed by atoms with van der Waals surface area (Å²) < 4.78 is 0. The highest BCUT2D eigenvalue weighted by molar-refractivity contribution is 5.78. The first-order chi connectivity index (χ1) is 9.15. The van der Waals surface area contributed by atoms with E-state index in [1.807, 2.05) is 0 Å². The average Bonchev–Trinajstić information content (AvgIpc) is 2.40. The van der Waals surface area contributed by atoms with Gasteiger partial charge in [0.25, 0.3) is 0 Å². The van der Waals surface area contributed by atoms with Gasteiger partial charge in [0.15, 0.2) is 5.96 Å². The molecule has 0 saturated heterocycles. The second-order valence-electron chi connectivity index (χ2n) is 5.90. The first-order valence-corrected chi connectivity index (χ1v) is 7.54. The molecule has 5 nitrogen and oxygen atoms in total. The smallest absolute Gasteiger partial charge is 0.220 e. The van der Waals surface area contributed by atoms with Gasteiger partial charge in [0.1, 0.15) is 0 Å². The second-order valence-corrected chi connectivity index (χ2v) is 5.90. The van der Waals surface area contributed by atoms with Crippen molar-refractivity contribution < 1.29 is 4.79 Å². The van der Waals surface area contributed by atoms with Crippen molar-refractivity contribution in [2.24, 2.45) is 22.4 Å². The van der Waals surface area contributed by atoms with Gasteiger partial charge in [-0.2, -0.15) is 0 Å². The van der Waals surface area contributed by atoms with Crippen LogP contribution >= 0.6 is 0 Å². The van der Waals surface area contributed by atoms with E-state index in [2.05, 4.69) is 10.3 Å². The standard InChI is InChI=1S/C14H26N4O/c15-13(19)10-6-8-12(9-7-10)18-14(16)17-11-4-2-1-3-5-11/h10-12H,1-9H2,(H2,15,19)(H3,16,17,18). The minimum Gasteiger partial charge on any atom is -0.370 e. The van der Waals surface area contributed by atoms with Gasteiger partial charge in [0.05, 0.1) is 6.04 Å². The Bertz CT molecular complexity index is 328. The predicted molar refractivity (Wildman–Crippen MR) is 76.6 cm³/mol. The lowest BCUT2D eigenvalue weighted by atomic mass is 9.86. The molecule has 0 unspecified atom stereocenters. The topological polar surface area (TPSA) is 93.5 Å². The van der Waals surface area contributed by atoms with E-state index >= 15 is 0 Å². The first kappa shape index (κ1) is 14.2. The molecular formula is C14H26N4O. The van der Waals surface area contributed by atoms with Gasteiger partial charge < -0.3 is 16.8 Å². The molecule has 19 heavy (non-hydrogen) atoms. The normalized spacial score (nSPS) is 30.0. The number of amides is 1. The van der Waals surface area contributed by atoms with E-state index in [9.17, 15) is 4.79 Å². The van der Waals surface area contributed by atoms with E-state index in [4.69, 9.17) is 11.5 Å². The average molecular weight is 266 g/mol. The summed E-state index contributed by atoms with van der Waals surface area (Å²) in [5.74, 6) is 0.448. The van der Waals surface area contributed by atoms with Gasteiger partial charge in [-0.05, 0) is 38.5 Å². The molecule has 5 N–H and O–H groups in total. The lowest BCUT2D eigenvalue weighted by molar-refractivity contribution is -0.122. The number of rotatable bonds is 3. The quantitative estimate of drug-likeness (QED) is 0.530. The van der Waals surface area contributed by atoms with Crippen LogP contribution in [-0.2, 0) is 4.79 Å². The summed E-state index contributed by atoms with van der Waals surface area (Å²) in [5.41, 5.74) is 11.3. The van der Waals surface area contributed by atoms with Gasteiger partial charge in [-0.15, -0.1) is 0 Å². The number of guanidine groups is 1. The molecular weight excluding hydrogens is 240 g/mol. The van der Waals surface area contributed by atoms with Crippen molar-refractivity contribution in [2.45, 2.75) is 69.9 Å². The Morgan fingerprint density at radius 1 is 0.947 bits per heavy atom. The minimum atomic E-state index is -0.171. The number of aliphatic imine (C=N–C) groups is 1. The van der Waals surface area contributed by atoms with Crippen LogP contribution in [-0.4, -0.2) is 24.0 Å². The number of nitrogens with zero attached hydrogens (tertiary/aromatic N) is 1. The lowest BCUT2D eigenvalue weighted by Crippen LogP contribution is -2.42. The number of nitrogens with one attached hydrogen (secondary N) is 1. The molecule has 2 saturated carbocycles. The van der Waals surface area contributed by atoms with Crippen LogP contribution in [0.25, 0.3) is 0 Å². The number of primary amides is 1. The summed E-state index contributed by atoms with van der Waals surface area (Å²) in [6.07, 6.45) is 9.84. The molecule has 0 aromatic heterocycles.